The van der Waals surface area contributed by atoms with Crippen LogP contribution in [0.3, 0.4) is 0 Å². The van der Waals surface area contributed by atoms with Gasteiger partial charge in [-0.25, -0.2) is 14.4 Å². The van der Waals surface area contributed by atoms with Gasteiger partial charge in [-0.05, 0) is 5.56 Å². The van der Waals surface area contributed by atoms with E-state index < -0.39 is 41.5 Å². The number of nitrogens with zero attached hydrogens (tertiary/aromatic N) is 1. The number of hydrogen-bond donors (Lipinski definition) is 1. The molecule has 10 nitrogen and oxygen atoms in total. The largest absolute Gasteiger partial charge is 0.467 e. The molecule has 0 saturated heterocycles. The number of methoxy groups -OCH3 is 2. The Bertz CT molecular complexity index is 619. The van der Waals surface area contributed by atoms with Crippen molar-refractivity contribution in [2.75, 3.05) is 14.2 Å². The molecule has 1 N–H and O–H groups in total. The van der Waals surface area contributed by atoms with Crippen LogP contribution in [0.15, 0.2) is 30.3 Å². The van der Waals surface area contributed by atoms with Crippen molar-refractivity contribution in [3.05, 3.63) is 46.0 Å². The second kappa shape index (κ2) is 9.85. The van der Waals surface area contributed by atoms with Gasteiger partial charge in [0.2, 0.25) is 0 Å². The number of ether oxygens (including phenoxy) is 3. The molecule has 1 aromatic rings. The number of carbonyl (C=O) groups is 3. The lowest BCUT2D eigenvalue weighted by atomic mass is 10.1. The summed E-state index contributed by atoms with van der Waals surface area (Å²) in [5, 5.41) is 13.1. The summed E-state index contributed by atoms with van der Waals surface area (Å²) in [5.41, 5.74) is 0.713. The number of hydrogen-bond acceptors (Lipinski definition) is 8. The number of amides is 1. The van der Waals surface area contributed by atoms with Gasteiger partial charge in [-0.1, -0.05) is 30.3 Å². The molecular weight excluding hydrogens is 336 g/mol. The predicted octanol–water partition coefficient (Wildman–Crippen LogP) is 0.663. The van der Waals surface area contributed by atoms with Gasteiger partial charge in [0.05, 0.1) is 20.6 Å². The smallest absolute Gasteiger partial charge is 0.408 e. The van der Waals surface area contributed by atoms with Gasteiger partial charge in [-0.3, -0.25) is 10.1 Å². The SMILES string of the molecule is COC(=O)C(CC(C(=O)OC)[N+](=O)[O-])NC(=O)OCc1ccccc1. The molecule has 25 heavy (non-hydrogen) atoms. The molecule has 136 valence electrons. The van der Waals surface area contributed by atoms with Crippen LogP contribution < -0.4 is 5.32 Å². The summed E-state index contributed by atoms with van der Waals surface area (Å²) in [4.78, 5) is 45.0. The Labute approximate surface area is 143 Å². The van der Waals surface area contributed by atoms with Gasteiger partial charge >= 0.3 is 24.1 Å². The van der Waals surface area contributed by atoms with Crippen LogP contribution in [0.25, 0.3) is 0 Å². The number of alkyl carbamates (subject to hydrolysis) is 1. The van der Waals surface area contributed by atoms with Crippen molar-refractivity contribution >= 4 is 18.0 Å². The van der Waals surface area contributed by atoms with Gasteiger partial charge in [0.1, 0.15) is 12.6 Å². The molecule has 0 spiro atoms. The van der Waals surface area contributed by atoms with Crippen LogP contribution >= 0.6 is 0 Å². The summed E-state index contributed by atoms with van der Waals surface area (Å²) in [6, 6.07) is 5.49. The average Bonchev–Trinajstić information content (AvgIpc) is 2.62. The predicted molar refractivity (Wildman–Crippen MR) is 83.0 cm³/mol. The lowest BCUT2D eigenvalue weighted by Gasteiger charge is -2.17. The van der Waals surface area contributed by atoms with E-state index in [0.29, 0.717) is 5.56 Å². The Morgan fingerprint density at radius 3 is 2.24 bits per heavy atom. The van der Waals surface area contributed by atoms with Crippen LogP contribution in [0, 0.1) is 10.1 Å². The van der Waals surface area contributed by atoms with Crippen LogP contribution in [0.5, 0.6) is 0 Å². The second-order valence-corrected chi connectivity index (χ2v) is 4.84. The first kappa shape index (κ1) is 19.9. The molecule has 0 aliphatic heterocycles. The van der Waals surface area contributed by atoms with E-state index in [1.807, 2.05) is 0 Å². The molecule has 0 aliphatic carbocycles. The first-order chi connectivity index (χ1) is 11.9. The van der Waals surface area contributed by atoms with Gasteiger partial charge < -0.3 is 19.5 Å². The Kier molecular flexibility index (Phi) is 7.83. The summed E-state index contributed by atoms with van der Waals surface area (Å²) in [5.74, 6) is -2.09. The maximum absolute atomic E-state index is 11.8. The minimum absolute atomic E-state index is 0.0593. The first-order valence-corrected chi connectivity index (χ1v) is 7.15. The van der Waals surface area contributed by atoms with Crippen LogP contribution in [0.4, 0.5) is 4.79 Å². The zero-order chi connectivity index (χ0) is 18.8. The molecule has 10 heteroatoms. The molecule has 0 radical (unpaired) electrons. The molecule has 0 fully saturated rings. The molecule has 0 bridgehead atoms. The molecule has 0 aliphatic rings. The van der Waals surface area contributed by atoms with E-state index in [1.165, 1.54) is 0 Å². The van der Waals surface area contributed by atoms with Crippen LogP contribution in [0.2, 0.25) is 0 Å². The quantitative estimate of drug-likeness (QED) is 0.311. The van der Waals surface area contributed by atoms with Crippen molar-refractivity contribution in [1.82, 2.24) is 5.32 Å². The van der Waals surface area contributed by atoms with E-state index in [2.05, 4.69) is 14.8 Å². The zero-order valence-electron chi connectivity index (χ0n) is 13.7. The van der Waals surface area contributed by atoms with Gasteiger partial charge in [0.25, 0.3) is 0 Å². The molecular formula is C15H18N2O8. The maximum Gasteiger partial charge on any atom is 0.408 e. The summed E-state index contributed by atoms with van der Waals surface area (Å²) in [6.45, 7) is -0.0593. The van der Waals surface area contributed by atoms with E-state index in [-0.39, 0.29) is 6.61 Å². The Morgan fingerprint density at radius 1 is 1.12 bits per heavy atom. The lowest BCUT2D eigenvalue weighted by Crippen LogP contribution is -2.47. The van der Waals surface area contributed by atoms with Crippen molar-refractivity contribution in [1.29, 1.82) is 0 Å². The van der Waals surface area contributed by atoms with Gasteiger partial charge in [-0.15, -0.1) is 0 Å². The van der Waals surface area contributed by atoms with Crippen molar-refractivity contribution < 1.29 is 33.5 Å². The van der Waals surface area contributed by atoms with Crippen molar-refractivity contribution in [3.63, 3.8) is 0 Å². The van der Waals surface area contributed by atoms with Crippen LogP contribution in [0.1, 0.15) is 12.0 Å². The Hall–Kier alpha value is -3.17. The molecule has 2 unspecified atom stereocenters. The maximum atomic E-state index is 11.8. The fraction of sp³-hybridized carbons (Fsp3) is 0.400. The highest BCUT2D eigenvalue weighted by molar-refractivity contribution is 5.83. The average molecular weight is 354 g/mol. The van der Waals surface area contributed by atoms with Crippen LogP contribution in [-0.4, -0.2) is 49.3 Å². The topological polar surface area (TPSA) is 134 Å². The third kappa shape index (κ3) is 6.45. The van der Waals surface area contributed by atoms with E-state index in [1.54, 1.807) is 30.3 Å². The summed E-state index contributed by atoms with van der Waals surface area (Å²) in [7, 11) is 2.03. The fourth-order valence-electron chi connectivity index (χ4n) is 1.89. The minimum Gasteiger partial charge on any atom is -0.467 e. The Balaban J connectivity index is 2.71. The highest BCUT2D eigenvalue weighted by Crippen LogP contribution is 2.08. The number of nitrogens with one attached hydrogen (secondary N) is 1. The molecule has 2 atom stereocenters. The summed E-state index contributed by atoms with van der Waals surface area (Å²) < 4.78 is 13.7. The third-order valence-corrected chi connectivity index (χ3v) is 3.18. The standard InChI is InChI=1S/C15H18N2O8/c1-23-13(18)11(8-12(17(21)22)14(19)24-2)16-15(20)25-9-10-6-4-3-5-7-10/h3-7,11-12H,8-9H2,1-2H3,(H,16,20). The number of benzene rings is 1. The van der Waals surface area contributed by atoms with E-state index >= 15 is 0 Å². The molecule has 0 aromatic heterocycles. The minimum atomic E-state index is -1.83. The zero-order valence-corrected chi connectivity index (χ0v) is 13.7. The molecule has 0 heterocycles. The highest BCUT2D eigenvalue weighted by atomic mass is 16.6. The molecule has 1 amide bonds. The number of esters is 2. The van der Waals surface area contributed by atoms with Gasteiger partial charge in [-0.2, -0.15) is 0 Å². The fourth-order valence-corrected chi connectivity index (χ4v) is 1.89. The normalized spacial score (nSPS) is 12.4. The Morgan fingerprint density at radius 2 is 1.72 bits per heavy atom. The molecule has 1 aromatic carbocycles. The monoisotopic (exact) mass is 354 g/mol. The van der Waals surface area contributed by atoms with Crippen molar-refractivity contribution in [2.45, 2.75) is 25.1 Å². The van der Waals surface area contributed by atoms with E-state index in [0.717, 1.165) is 14.2 Å². The van der Waals surface area contributed by atoms with E-state index in [4.69, 9.17) is 4.74 Å². The third-order valence-electron chi connectivity index (χ3n) is 3.18. The summed E-state index contributed by atoms with van der Waals surface area (Å²) in [6.07, 6.45) is -1.61. The first-order valence-electron chi connectivity index (χ1n) is 7.15. The number of nitro groups is 1. The summed E-state index contributed by atoms with van der Waals surface area (Å²) >= 11 is 0. The van der Waals surface area contributed by atoms with Crippen molar-refractivity contribution in [2.24, 2.45) is 0 Å². The second-order valence-electron chi connectivity index (χ2n) is 4.84. The van der Waals surface area contributed by atoms with E-state index in [9.17, 15) is 24.5 Å². The van der Waals surface area contributed by atoms with Gasteiger partial charge in [0.15, 0.2) is 0 Å². The lowest BCUT2D eigenvalue weighted by molar-refractivity contribution is -0.511. The molecule has 0 saturated carbocycles. The van der Waals surface area contributed by atoms with Crippen molar-refractivity contribution in [3.8, 4) is 0 Å². The number of carbonyl (C=O) groups excluding carboxylic acids is 3. The number of rotatable bonds is 8. The van der Waals surface area contributed by atoms with Gasteiger partial charge in [0, 0.05) is 4.92 Å². The molecule has 1 rings (SSSR count). The van der Waals surface area contributed by atoms with Crippen LogP contribution in [-0.2, 0) is 30.4 Å². The highest BCUT2D eigenvalue weighted by Gasteiger charge is 2.38.